The fourth-order valence-electron chi connectivity index (χ4n) is 3.72. The van der Waals surface area contributed by atoms with Gasteiger partial charge >= 0.3 is 0 Å². The average molecular weight is 396 g/mol. The highest BCUT2D eigenvalue weighted by Gasteiger charge is 2.46. The molecule has 0 aliphatic carbocycles. The van der Waals surface area contributed by atoms with E-state index < -0.39 is 43.2 Å². The summed E-state index contributed by atoms with van der Waals surface area (Å²) in [5.74, 6) is 0.475. The van der Waals surface area contributed by atoms with Crippen LogP contribution in [0.5, 0.6) is 11.5 Å². The van der Waals surface area contributed by atoms with Crippen LogP contribution in [0.25, 0.3) is 0 Å². The van der Waals surface area contributed by atoms with Crippen molar-refractivity contribution in [1.82, 2.24) is 10.6 Å². The second-order valence-electron chi connectivity index (χ2n) is 7.18. The highest BCUT2D eigenvalue weighted by atomic mass is 16.7. The van der Waals surface area contributed by atoms with Crippen molar-refractivity contribution in [1.29, 1.82) is 0 Å². The summed E-state index contributed by atoms with van der Waals surface area (Å²) in [5, 5.41) is 35.9. The Kier molecular flexibility index (Phi) is 6.41. The molecule has 0 radical (unpaired) electrons. The fourth-order valence-corrected chi connectivity index (χ4v) is 3.72. The Balaban J connectivity index is 1.92. The molecule has 1 amide bonds. The highest BCUT2D eigenvalue weighted by Crippen LogP contribution is 2.37. The van der Waals surface area contributed by atoms with Crippen molar-refractivity contribution in [2.75, 3.05) is 20.3 Å². The van der Waals surface area contributed by atoms with Gasteiger partial charge in [-0.05, 0) is 43.1 Å². The topological polar surface area (TPSA) is 130 Å². The molecule has 1 fully saturated rings. The first-order valence-corrected chi connectivity index (χ1v) is 9.36. The molecule has 6 unspecified atom stereocenters. The number of ether oxygens (including phenoxy) is 3. The van der Waals surface area contributed by atoms with E-state index in [1.807, 2.05) is 19.1 Å². The van der Waals surface area contributed by atoms with E-state index in [0.717, 1.165) is 24.1 Å². The number of amides is 1. The van der Waals surface area contributed by atoms with Gasteiger partial charge in [-0.1, -0.05) is 0 Å². The third-order valence-corrected chi connectivity index (χ3v) is 5.23. The predicted molar refractivity (Wildman–Crippen MR) is 99.1 cm³/mol. The van der Waals surface area contributed by atoms with Crippen molar-refractivity contribution < 1.29 is 34.3 Å². The minimum Gasteiger partial charge on any atom is -0.493 e. The van der Waals surface area contributed by atoms with Crippen LogP contribution in [0.1, 0.15) is 31.0 Å². The van der Waals surface area contributed by atoms with E-state index in [4.69, 9.17) is 14.2 Å². The second-order valence-corrected chi connectivity index (χ2v) is 7.18. The minimum absolute atomic E-state index is 0.132. The van der Waals surface area contributed by atoms with Crippen molar-refractivity contribution in [2.24, 2.45) is 0 Å². The maximum absolute atomic E-state index is 11.6. The normalized spacial score (nSPS) is 32.4. The third kappa shape index (κ3) is 4.08. The van der Waals surface area contributed by atoms with Crippen molar-refractivity contribution in [3.63, 3.8) is 0 Å². The number of carbonyl (C=O) groups is 1. The molecule has 0 bridgehead atoms. The number of aliphatic hydroxyl groups is 3. The maximum atomic E-state index is 11.6. The molecule has 0 aromatic heterocycles. The highest BCUT2D eigenvalue weighted by molar-refractivity contribution is 5.73. The van der Waals surface area contributed by atoms with Crippen LogP contribution in [-0.4, -0.2) is 72.1 Å². The van der Waals surface area contributed by atoms with Gasteiger partial charge in [0.25, 0.3) is 0 Å². The zero-order chi connectivity index (χ0) is 20.4. The molecule has 0 spiro atoms. The Morgan fingerprint density at radius 1 is 1.32 bits per heavy atom. The molecule has 28 heavy (non-hydrogen) atoms. The molecule has 1 saturated heterocycles. The smallest absolute Gasteiger partial charge is 0.223 e. The van der Waals surface area contributed by atoms with Gasteiger partial charge in [0.15, 0.2) is 11.5 Å². The van der Waals surface area contributed by atoms with Crippen LogP contribution >= 0.6 is 0 Å². The molecular weight excluding hydrogens is 368 g/mol. The predicted octanol–water partition coefficient (Wildman–Crippen LogP) is -0.776. The van der Waals surface area contributed by atoms with Gasteiger partial charge in [0.2, 0.25) is 12.2 Å². The van der Waals surface area contributed by atoms with Gasteiger partial charge in [-0.15, -0.1) is 0 Å². The van der Waals surface area contributed by atoms with Crippen LogP contribution in [0, 0.1) is 0 Å². The summed E-state index contributed by atoms with van der Waals surface area (Å²) in [5.41, 5.74) is 2.22. The van der Waals surface area contributed by atoms with Gasteiger partial charge in [-0.25, -0.2) is 0 Å². The number of hydrogen-bond acceptors (Lipinski definition) is 8. The number of benzene rings is 1. The number of fused-ring (bicyclic) bond motifs is 1. The molecule has 6 atom stereocenters. The van der Waals surface area contributed by atoms with Crippen LogP contribution in [-0.2, 0) is 16.0 Å². The molecule has 2 heterocycles. The summed E-state index contributed by atoms with van der Waals surface area (Å²) in [7, 11) is 1.53. The Morgan fingerprint density at radius 2 is 2.07 bits per heavy atom. The zero-order valence-corrected chi connectivity index (χ0v) is 16.2. The summed E-state index contributed by atoms with van der Waals surface area (Å²) < 4.78 is 17.1. The van der Waals surface area contributed by atoms with Gasteiger partial charge in [0, 0.05) is 13.0 Å². The Labute approximate surface area is 163 Å². The van der Waals surface area contributed by atoms with Crippen molar-refractivity contribution in [3.05, 3.63) is 23.3 Å². The lowest BCUT2D eigenvalue weighted by molar-refractivity contribution is -0.244. The van der Waals surface area contributed by atoms with E-state index >= 15 is 0 Å². The lowest BCUT2D eigenvalue weighted by atomic mass is 9.94. The molecule has 1 aromatic carbocycles. The van der Waals surface area contributed by atoms with Gasteiger partial charge in [0.1, 0.15) is 24.4 Å². The molecule has 2 aliphatic rings. The number of carbonyl (C=O) groups excluding carboxylic acids is 1. The van der Waals surface area contributed by atoms with Crippen molar-refractivity contribution in [3.8, 4) is 11.5 Å². The Hall–Kier alpha value is -1.91. The first kappa shape index (κ1) is 20.8. The largest absolute Gasteiger partial charge is 0.493 e. The monoisotopic (exact) mass is 396 g/mol. The molecular formula is C19H28N2O7. The standard InChI is InChI=1S/C19H28N2O7/c1-9-12-7-14(13(26-3)6-11(12)4-5-20-9)27-19-16(21-10(2)23)18(25)17(24)15(8-22)28-19/h6-7,9,15-20,22,24-25H,4-5,8H2,1-3H3,(H,21,23). The fraction of sp³-hybridized carbons (Fsp3) is 0.632. The average Bonchev–Trinajstić information content (AvgIpc) is 2.67. The lowest BCUT2D eigenvalue weighted by Crippen LogP contribution is -2.65. The van der Waals surface area contributed by atoms with Crippen LogP contribution in [0.4, 0.5) is 0 Å². The van der Waals surface area contributed by atoms with Crippen molar-refractivity contribution >= 4 is 5.91 Å². The first-order chi connectivity index (χ1) is 13.3. The lowest BCUT2D eigenvalue weighted by Gasteiger charge is -2.42. The molecule has 156 valence electrons. The molecule has 0 saturated carbocycles. The van der Waals surface area contributed by atoms with E-state index in [1.54, 1.807) is 0 Å². The van der Waals surface area contributed by atoms with E-state index in [-0.39, 0.29) is 6.04 Å². The van der Waals surface area contributed by atoms with E-state index in [2.05, 4.69) is 10.6 Å². The quantitative estimate of drug-likeness (QED) is 0.439. The van der Waals surface area contributed by atoms with E-state index in [9.17, 15) is 20.1 Å². The summed E-state index contributed by atoms with van der Waals surface area (Å²) in [6.45, 7) is 3.71. The zero-order valence-electron chi connectivity index (χ0n) is 16.2. The summed E-state index contributed by atoms with van der Waals surface area (Å²) in [4.78, 5) is 11.6. The number of hydrogen-bond donors (Lipinski definition) is 5. The number of nitrogens with one attached hydrogen (secondary N) is 2. The number of aliphatic hydroxyl groups excluding tert-OH is 3. The van der Waals surface area contributed by atoms with E-state index in [0.29, 0.717) is 11.5 Å². The SMILES string of the molecule is COc1cc2c(cc1OC1OC(CO)C(O)C(O)C1NC(C)=O)C(C)NCC2. The summed E-state index contributed by atoms with van der Waals surface area (Å²) >= 11 is 0. The van der Waals surface area contributed by atoms with Crippen molar-refractivity contribution in [2.45, 2.75) is 57.0 Å². The van der Waals surface area contributed by atoms with Gasteiger partial charge in [0.05, 0.1) is 13.7 Å². The molecule has 2 aliphatic heterocycles. The summed E-state index contributed by atoms with van der Waals surface area (Å²) in [6, 6.07) is 2.87. The molecule has 3 rings (SSSR count). The van der Waals surface area contributed by atoms with Gasteiger partial charge < -0.3 is 40.2 Å². The van der Waals surface area contributed by atoms with Gasteiger partial charge in [-0.3, -0.25) is 4.79 Å². The Bertz CT molecular complexity index is 714. The minimum atomic E-state index is -1.37. The van der Waals surface area contributed by atoms with Crippen LogP contribution < -0.4 is 20.1 Å². The van der Waals surface area contributed by atoms with E-state index in [1.165, 1.54) is 14.0 Å². The number of methoxy groups -OCH3 is 1. The molecule has 1 aromatic rings. The van der Waals surface area contributed by atoms with Crippen LogP contribution in [0.3, 0.4) is 0 Å². The molecule has 9 heteroatoms. The maximum Gasteiger partial charge on any atom is 0.223 e. The Morgan fingerprint density at radius 3 is 2.71 bits per heavy atom. The van der Waals surface area contributed by atoms with Crippen LogP contribution in [0.15, 0.2) is 12.1 Å². The number of rotatable bonds is 5. The van der Waals surface area contributed by atoms with Crippen LogP contribution in [0.2, 0.25) is 0 Å². The van der Waals surface area contributed by atoms with Gasteiger partial charge in [-0.2, -0.15) is 0 Å². The molecule has 9 nitrogen and oxygen atoms in total. The molecule has 5 N–H and O–H groups in total. The summed E-state index contributed by atoms with van der Waals surface area (Å²) in [6.07, 6.45) is -4.05. The third-order valence-electron chi connectivity index (χ3n) is 5.23. The first-order valence-electron chi connectivity index (χ1n) is 9.36. The second kappa shape index (κ2) is 8.62.